The van der Waals surface area contributed by atoms with Gasteiger partial charge in [-0.25, -0.2) is 13.1 Å². The van der Waals surface area contributed by atoms with Crippen LogP contribution in [0.2, 0.25) is 0 Å². The summed E-state index contributed by atoms with van der Waals surface area (Å²) in [4.78, 5) is 2.89. The molecule has 96 valence electrons. The van der Waals surface area contributed by atoms with E-state index >= 15 is 0 Å². The molecule has 0 aliphatic heterocycles. The maximum absolute atomic E-state index is 11.8. The predicted octanol–water partition coefficient (Wildman–Crippen LogP) is 1.68. The number of rotatable bonds is 6. The van der Waals surface area contributed by atoms with Crippen LogP contribution in [0.15, 0.2) is 48.8 Å². The molecule has 18 heavy (non-hydrogen) atoms. The summed E-state index contributed by atoms with van der Waals surface area (Å²) in [6.45, 7) is 0.334. The molecule has 0 radical (unpaired) electrons. The highest BCUT2D eigenvalue weighted by Gasteiger charge is 2.10. The summed E-state index contributed by atoms with van der Waals surface area (Å²) in [6.07, 6.45) is 4.08. The maximum atomic E-state index is 11.8. The fourth-order valence-electron chi connectivity index (χ4n) is 1.63. The third-order valence-electron chi connectivity index (χ3n) is 2.66. The van der Waals surface area contributed by atoms with Gasteiger partial charge < -0.3 is 4.98 Å². The molecule has 1 aromatic carbocycles. The Balaban J connectivity index is 1.84. The summed E-state index contributed by atoms with van der Waals surface area (Å²) in [5.41, 5.74) is 1.96. The standard InChI is InChI=1S/C13H16N2O2S/c16-18(17,15-11-13-6-8-14-10-13)9-7-12-4-2-1-3-5-12/h1-6,8,10,14-15H,7,9,11H2. The predicted molar refractivity (Wildman–Crippen MR) is 71.6 cm³/mol. The van der Waals surface area contributed by atoms with Crippen LogP contribution in [0.5, 0.6) is 0 Å². The first-order chi connectivity index (χ1) is 8.66. The summed E-state index contributed by atoms with van der Waals surface area (Å²) >= 11 is 0. The quantitative estimate of drug-likeness (QED) is 0.834. The first-order valence-electron chi connectivity index (χ1n) is 5.79. The minimum absolute atomic E-state index is 0.113. The van der Waals surface area contributed by atoms with Crippen molar-refractivity contribution in [3.05, 3.63) is 59.9 Å². The van der Waals surface area contributed by atoms with Gasteiger partial charge in [0.1, 0.15) is 0 Å². The van der Waals surface area contributed by atoms with E-state index in [-0.39, 0.29) is 5.75 Å². The van der Waals surface area contributed by atoms with Gasteiger partial charge in [-0.05, 0) is 23.6 Å². The molecule has 0 saturated carbocycles. The highest BCUT2D eigenvalue weighted by Crippen LogP contribution is 2.02. The molecular formula is C13H16N2O2S. The van der Waals surface area contributed by atoms with Crippen LogP contribution in [-0.2, 0) is 23.0 Å². The Morgan fingerprint density at radius 2 is 1.83 bits per heavy atom. The summed E-state index contributed by atoms with van der Waals surface area (Å²) in [5.74, 6) is 0.113. The van der Waals surface area contributed by atoms with Gasteiger partial charge in [-0.15, -0.1) is 0 Å². The number of aryl methyl sites for hydroxylation is 1. The van der Waals surface area contributed by atoms with E-state index in [1.54, 1.807) is 12.4 Å². The number of hydrogen-bond donors (Lipinski definition) is 2. The molecule has 0 saturated heterocycles. The van der Waals surface area contributed by atoms with Crippen LogP contribution in [0.4, 0.5) is 0 Å². The number of aromatic amines is 1. The Morgan fingerprint density at radius 3 is 2.50 bits per heavy atom. The lowest BCUT2D eigenvalue weighted by molar-refractivity contribution is 0.580. The van der Waals surface area contributed by atoms with Gasteiger partial charge in [0.15, 0.2) is 0 Å². The van der Waals surface area contributed by atoms with Crippen LogP contribution in [-0.4, -0.2) is 19.2 Å². The summed E-state index contributed by atoms with van der Waals surface area (Å²) in [5, 5.41) is 0. The largest absolute Gasteiger partial charge is 0.367 e. The van der Waals surface area contributed by atoms with E-state index in [1.807, 2.05) is 36.4 Å². The van der Waals surface area contributed by atoms with Crippen LogP contribution < -0.4 is 4.72 Å². The van der Waals surface area contributed by atoms with E-state index in [0.29, 0.717) is 13.0 Å². The molecular weight excluding hydrogens is 248 g/mol. The molecule has 5 heteroatoms. The van der Waals surface area contributed by atoms with Crippen LogP contribution in [0, 0.1) is 0 Å². The highest BCUT2D eigenvalue weighted by atomic mass is 32.2. The van der Waals surface area contributed by atoms with E-state index in [9.17, 15) is 8.42 Å². The van der Waals surface area contributed by atoms with Crippen molar-refractivity contribution in [1.82, 2.24) is 9.71 Å². The SMILES string of the molecule is O=S(=O)(CCc1ccccc1)NCc1cc[nH]c1. The Morgan fingerprint density at radius 1 is 1.06 bits per heavy atom. The third-order valence-corrected chi connectivity index (χ3v) is 3.99. The lowest BCUT2D eigenvalue weighted by Crippen LogP contribution is -2.26. The number of aromatic nitrogens is 1. The molecule has 1 aromatic heterocycles. The second-order valence-electron chi connectivity index (χ2n) is 4.09. The second kappa shape index (κ2) is 5.84. The molecule has 2 rings (SSSR count). The molecule has 0 unspecified atom stereocenters. The fourth-order valence-corrected chi connectivity index (χ4v) is 2.67. The molecule has 0 spiro atoms. The zero-order valence-electron chi connectivity index (χ0n) is 9.96. The first-order valence-corrected chi connectivity index (χ1v) is 7.44. The highest BCUT2D eigenvalue weighted by molar-refractivity contribution is 7.89. The fraction of sp³-hybridized carbons (Fsp3) is 0.231. The summed E-state index contributed by atoms with van der Waals surface area (Å²) in [6, 6.07) is 11.5. The van der Waals surface area contributed by atoms with Gasteiger partial charge in [-0.1, -0.05) is 30.3 Å². The van der Waals surface area contributed by atoms with Crippen molar-refractivity contribution in [2.24, 2.45) is 0 Å². The average Bonchev–Trinajstić information content (AvgIpc) is 2.89. The van der Waals surface area contributed by atoms with Crippen LogP contribution >= 0.6 is 0 Å². The van der Waals surface area contributed by atoms with Gasteiger partial charge in [-0.2, -0.15) is 0 Å². The Labute approximate surface area is 107 Å². The van der Waals surface area contributed by atoms with Crippen molar-refractivity contribution < 1.29 is 8.42 Å². The molecule has 0 bridgehead atoms. The van der Waals surface area contributed by atoms with Gasteiger partial charge in [0.25, 0.3) is 0 Å². The number of hydrogen-bond acceptors (Lipinski definition) is 2. The van der Waals surface area contributed by atoms with Crippen LogP contribution in [0.3, 0.4) is 0 Å². The molecule has 0 aliphatic rings. The van der Waals surface area contributed by atoms with E-state index < -0.39 is 10.0 Å². The molecule has 0 aliphatic carbocycles. The van der Waals surface area contributed by atoms with Crippen LogP contribution in [0.1, 0.15) is 11.1 Å². The van der Waals surface area contributed by atoms with Crippen molar-refractivity contribution in [2.75, 3.05) is 5.75 Å². The minimum atomic E-state index is -3.22. The Hall–Kier alpha value is -1.59. The van der Waals surface area contributed by atoms with Crippen LogP contribution in [0.25, 0.3) is 0 Å². The van der Waals surface area contributed by atoms with Crippen molar-refractivity contribution in [1.29, 1.82) is 0 Å². The number of nitrogens with one attached hydrogen (secondary N) is 2. The van der Waals surface area contributed by atoms with Crippen molar-refractivity contribution in [2.45, 2.75) is 13.0 Å². The molecule has 0 fully saturated rings. The Kier molecular flexibility index (Phi) is 4.17. The lowest BCUT2D eigenvalue weighted by Gasteiger charge is -2.05. The van der Waals surface area contributed by atoms with Gasteiger partial charge in [0.05, 0.1) is 5.75 Å². The van der Waals surface area contributed by atoms with E-state index in [0.717, 1.165) is 11.1 Å². The van der Waals surface area contributed by atoms with Gasteiger partial charge in [0, 0.05) is 18.9 Å². The minimum Gasteiger partial charge on any atom is -0.367 e. The maximum Gasteiger partial charge on any atom is 0.212 e. The van der Waals surface area contributed by atoms with E-state index in [2.05, 4.69) is 9.71 Å². The molecule has 0 atom stereocenters. The monoisotopic (exact) mass is 264 g/mol. The van der Waals surface area contributed by atoms with Gasteiger partial charge in [-0.3, -0.25) is 0 Å². The zero-order valence-corrected chi connectivity index (χ0v) is 10.8. The van der Waals surface area contributed by atoms with Gasteiger partial charge >= 0.3 is 0 Å². The number of sulfonamides is 1. The third kappa shape index (κ3) is 4.01. The number of H-pyrrole nitrogens is 1. The molecule has 2 aromatic rings. The van der Waals surface area contributed by atoms with E-state index in [4.69, 9.17) is 0 Å². The molecule has 0 amide bonds. The second-order valence-corrected chi connectivity index (χ2v) is 6.02. The molecule has 1 heterocycles. The topological polar surface area (TPSA) is 62.0 Å². The smallest absolute Gasteiger partial charge is 0.212 e. The lowest BCUT2D eigenvalue weighted by atomic mass is 10.2. The Bertz CT molecular complexity index is 562. The summed E-state index contributed by atoms with van der Waals surface area (Å²) < 4.78 is 26.1. The van der Waals surface area contributed by atoms with Crippen molar-refractivity contribution in [3.63, 3.8) is 0 Å². The zero-order chi connectivity index (χ0) is 12.8. The normalized spacial score (nSPS) is 11.6. The average molecular weight is 264 g/mol. The van der Waals surface area contributed by atoms with Crippen molar-refractivity contribution >= 4 is 10.0 Å². The van der Waals surface area contributed by atoms with Gasteiger partial charge in [0.2, 0.25) is 10.0 Å². The van der Waals surface area contributed by atoms with Crippen molar-refractivity contribution in [3.8, 4) is 0 Å². The molecule has 2 N–H and O–H groups in total. The first kappa shape index (κ1) is 12.9. The summed E-state index contributed by atoms with van der Waals surface area (Å²) in [7, 11) is -3.22. The number of benzene rings is 1. The molecule has 4 nitrogen and oxygen atoms in total. The van der Waals surface area contributed by atoms with E-state index in [1.165, 1.54) is 0 Å².